The summed E-state index contributed by atoms with van der Waals surface area (Å²) >= 11 is 6.08. The second-order valence-corrected chi connectivity index (χ2v) is 5.35. The van der Waals surface area contributed by atoms with Crippen LogP contribution >= 0.6 is 11.6 Å². The average Bonchev–Trinajstić information content (AvgIpc) is 2.75. The van der Waals surface area contributed by atoms with Gasteiger partial charge in [0.2, 0.25) is 0 Å². The Bertz CT molecular complexity index is 611. The van der Waals surface area contributed by atoms with E-state index < -0.39 is 0 Å². The van der Waals surface area contributed by atoms with Crippen molar-refractivity contribution in [2.24, 2.45) is 5.73 Å². The summed E-state index contributed by atoms with van der Waals surface area (Å²) in [7, 11) is 1.63. The molecule has 0 bridgehead atoms. The SMILES string of the molecule is COc1cc([C@@H]2c3ccccc3C[C@H]2N)ccc1Cl. The van der Waals surface area contributed by atoms with Crippen LogP contribution in [0.15, 0.2) is 42.5 Å². The molecule has 2 N–H and O–H groups in total. The van der Waals surface area contributed by atoms with Crippen LogP contribution in [-0.4, -0.2) is 13.2 Å². The fraction of sp³-hybridized carbons (Fsp3) is 0.250. The van der Waals surface area contributed by atoms with Crippen molar-refractivity contribution < 1.29 is 4.74 Å². The summed E-state index contributed by atoms with van der Waals surface area (Å²) < 4.78 is 5.30. The maximum Gasteiger partial charge on any atom is 0.137 e. The van der Waals surface area contributed by atoms with E-state index in [1.807, 2.05) is 18.2 Å². The normalized spacial score (nSPS) is 21.2. The minimum atomic E-state index is 0.114. The molecule has 0 spiro atoms. The Kier molecular flexibility index (Phi) is 3.21. The average molecular weight is 274 g/mol. The first-order chi connectivity index (χ1) is 9.20. The summed E-state index contributed by atoms with van der Waals surface area (Å²) in [6.45, 7) is 0. The minimum absolute atomic E-state index is 0.114. The lowest BCUT2D eigenvalue weighted by Gasteiger charge is -2.18. The van der Waals surface area contributed by atoms with Crippen molar-refractivity contribution in [1.82, 2.24) is 0 Å². The van der Waals surface area contributed by atoms with Crippen LogP contribution in [0.2, 0.25) is 5.02 Å². The molecule has 1 aliphatic carbocycles. The molecule has 0 saturated carbocycles. The molecule has 0 aromatic heterocycles. The topological polar surface area (TPSA) is 35.2 Å². The number of nitrogens with two attached hydrogens (primary N) is 1. The lowest BCUT2D eigenvalue weighted by atomic mass is 9.90. The van der Waals surface area contributed by atoms with Crippen molar-refractivity contribution >= 4 is 11.6 Å². The second-order valence-electron chi connectivity index (χ2n) is 4.94. The van der Waals surface area contributed by atoms with E-state index in [2.05, 4.69) is 24.3 Å². The lowest BCUT2D eigenvalue weighted by molar-refractivity contribution is 0.414. The fourth-order valence-electron chi connectivity index (χ4n) is 2.92. The van der Waals surface area contributed by atoms with Crippen LogP contribution in [0.25, 0.3) is 0 Å². The number of ether oxygens (including phenoxy) is 1. The predicted molar refractivity (Wildman–Crippen MR) is 78.0 cm³/mol. The van der Waals surface area contributed by atoms with E-state index in [9.17, 15) is 0 Å². The van der Waals surface area contributed by atoms with Crippen LogP contribution in [0.1, 0.15) is 22.6 Å². The van der Waals surface area contributed by atoms with Crippen molar-refractivity contribution in [3.8, 4) is 5.75 Å². The predicted octanol–water partition coefficient (Wildman–Crippen LogP) is 3.36. The van der Waals surface area contributed by atoms with Crippen molar-refractivity contribution in [2.45, 2.75) is 18.4 Å². The Morgan fingerprint density at radius 2 is 2.00 bits per heavy atom. The molecule has 0 aliphatic heterocycles. The molecule has 2 aromatic carbocycles. The molecule has 2 nitrogen and oxygen atoms in total. The summed E-state index contributed by atoms with van der Waals surface area (Å²) in [5.74, 6) is 0.929. The number of hydrogen-bond acceptors (Lipinski definition) is 2. The standard InChI is InChI=1S/C16H16ClNO/c1-19-15-9-11(6-7-13(15)17)16-12-5-3-2-4-10(12)8-14(16)18/h2-7,9,14,16H,8,18H2,1H3/t14-,16-/m1/s1. The van der Waals surface area contributed by atoms with Gasteiger partial charge < -0.3 is 10.5 Å². The maximum absolute atomic E-state index is 6.32. The molecule has 19 heavy (non-hydrogen) atoms. The molecule has 0 fully saturated rings. The number of halogens is 1. The van der Waals surface area contributed by atoms with E-state index in [0.717, 1.165) is 6.42 Å². The van der Waals surface area contributed by atoms with Crippen LogP contribution in [0.4, 0.5) is 0 Å². The van der Waals surface area contributed by atoms with Crippen molar-refractivity contribution in [3.63, 3.8) is 0 Å². The minimum Gasteiger partial charge on any atom is -0.495 e. The summed E-state index contributed by atoms with van der Waals surface area (Å²) in [4.78, 5) is 0. The summed E-state index contributed by atoms with van der Waals surface area (Å²) in [5, 5.41) is 0.631. The third-order valence-electron chi connectivity index (χ3n) is 3.81. The highest BCUT2D eigenvalue weighted by molar-refractivity contribution is 6.32. The molecule has 0 saturated heterocycles. The van der Waals surface area contributed by atoms with Gasteiger partial charge in [0.15, 0.2) is 0 Å². The number of methoxy groups -OCH3 is 1. The van der Waals surface area contributed by atoms with Gasteiger partial charge in [0.25, 0.3) is 0 Å². The number of rotatable bonds is 2. The maximum atomic E-state index is 6.32. The number of benzene rings is 2. The highest BCUT2D eigenvalue weighted by Gasteiger charge is 2.31. The molecule has 0 heterocycles. The molecular weight excluding hydrogens is 258 g/mol. The van der Waals surface area contributed by atoms with Gasteiger partial charge in [-0.25, -0.2) is 0 Å². The van der Waals surface area contributed by atoms with Gasteiger partial charge in [-0.2, -0.15) is 0 Å². The quantitative estimate of drug-likeness (QED) is 0.911. The van der Waals surface area contributed by atoms with Crippen LogP contribution in [0, 0.1) is 0 Å². The van der Waals surface area contributed by atoms with Gasteiger partial charge in [-0.3, -0.25) is 0 Å². The second kappa shape index (κ2) is 4.87. The number of fused-ring (bicyclic) bond motifs is 1. The molecule has 0 amide bonds. The molecule has 3 heteroatoms. The fourth-order valence-corrected chi connectivity index (χ4v) is 3.12. The summed E-state index contributed by atoms with van der Waals surface area (Å²) in [6, 6.07) is 14.5. The van der Waals surface area contributed by atoms with Gasteiger partial charge in [0.05, 0.1) is 12.1 Å². The Hall–Kier alpha value is -1.51. The van der Waals surface area contributed by atoms with Gasteiger partial charge in [-0.15, -0.1) is 0 Å². The highest BCUT2D eigenvalue weighted by atomic mass is 35.5. The lowest BCUT2D eigenvalue weighted by Crippen LogP contribution is -2.25. The zero-order chi connectivity index (χ0) is 13.4. The van der Waals surface area contributed by atoms with Crippen LogP contribution in [0.5, 0.6) is 5.75 Å². The van der Waals surface area contributed by atoms with Crippen LogP contribution in [-0.2, 0) is 6.42 Å². The van der Waals surface area contributed by atoms with Crippen LogP contribution < -0.4 is 10.5 Å². The molecular formula is C16H16ClNO. The molecule has 0 unspecified atom stereocenters. The zero-order valence-electron chi connectivity index (χ0n) is 10.8. The van der Waals surface area contributed by atoms with Crippen molar-refractivity contribution in [2.75, 3.05) is 7.11 Å². The Morgan fingerprint density at radius 3 is 2.79 bits per heavy atom. The molecule has 1 aliphatic rings. The van der Waals surface area contributed by atoms with E-state index >= 15 is 0 Å². The highest BCUT2D eigenvalue weighted by Crippen LogP contribution is 2.39. The van der Waals surface area contributed by atoms with Gasteiger partial charge in [0.1, 0.15) is 5.75 Å². The van der Waals surface area contributed by atoms with E-state index in [0.29, 0.717) is 10.8 Å². The van der Waals surface area contributed by atoms with Gasteiger partial charge in [0, 0.05) is 12.0 Å². The molecule has 2 aromatic rings. The first-order valence-electron chi connectivity index (χ1n) is 6.37. The van der Waals surface area contributed by atoms with E-state index in [4.69, 9.17) is 22.1 Å². The zero-order valence-corrected chi connectivity index (χ0v) is 11.5. The van der Waals surface area contributed by atoms with E-state index in [1.54, 1.807) is 7.11 Å². The van der Waals surface area contributed by atoms with Gasteiger partial charge in [-0.1, -0.05) is 41.9 Å². The molecule has 2 atom stereocenters. The molecule has 98 valence electrons. The summed E-state index contributed by atoms with van der Waals surface area (Å²) in [5.41, 5.74) is 10.1. The summed E-state index contributed by atoms with van der Waals surface area (Å²) in [6.07, 6.45) is 0.922. The number of hydrogen-bond donors (Lipinski definition) is 1. The van der Waals surface area contributed by atoms with E-state index in [-0.39, 0.29) is 12.0 Å². The Morgan fingerprint density at radius 1 is 1.21 bits per heavy atom. The van der Waals surface area contributed by atoms with Crippen molar-refractivity contribution in [1.29, 1.82) is 0 Å². The third kappa shape index (κ3) is 2.11. The smallest absolute Gasteiger partial charge is 0.137 e. The van der Waals surface area contributed by atoms with Gasteiger partial charge in [-0.05, 0) is 35.2 Å². The molecule has 0 radical (unpaired) electrons. The monoisotopic (exact) mass is 273 g/mol. The Balaban J connectivity index is 2.07. The first-order valence-corrected chi connectivity index (χ1v) is 6.75. The van der Waals surface area contributed by atoms with E-state index in [1.165, 1.54) is 16.7 Å². The first kappa shape index (κ1) is 12.5. The van der Waals surface area contributed by atoms with Gasteiger partial charge >= 0.3 is 0 Å². The van der Waals surface area contributed by atoms with Crippen molar-refractivity contribution in [3.05, 3.63) is 64.2 Å². The third-order valence-corrected chi connectivity index (χ3v) is 4.12. The Labute approximate surface area is 118 Å². The van der Waals surface area contributed by atoms with Crippen LogP contribution in [0.3, 0.4) is 0 Å². The molecule has 3 rings (SSSR count). The largest absolute Gasteiger partial charge is 0.495 e.